The van der Waals surface area contributed by atoms with Crippen LogP contribution in [-0.2, 0) is 13.1 Å². The summed E-state index contributed by atoms with van der Waals surface area (Å²) in [5.74, 6) is 0. The molecule has 1 unspecified atom stereocenters. The molecule has 1 rings (SSSR count). The Morgan fingerprint density at radius 2 is 1.00 bits per heavy atom. The van der Waals surface area contributed by atoms with Crippen molar-refractivity contribution in [3.8, 4) is 0 Å². The highest BCUT2D eigenvalue weighted by atomic mass is 16.2. The van der Waals surface area contributed by atoms with Crippen LogP contribution in [0.1, 0.15) is 117 Å². The smallest absolute Gasteiger partial charge is 0.247 e. The quantitative estimate of drug-likeness (QED) is 0.366. The molecule has 1 heterocycles. The van der Waals surface area contributed by atoms with Gasteiger partial charge in [0.25, 0.3) is 0 Å². The number of unbranched alkanes of at least 4 members (excludes halogenated alkanes) is 9. The fourth-order valence-corrected chi connectivity index (χ4v) is 3.80. The van der Waals surface area contributed by atoms with Gasteiger partial charge in [-0.1, -0.05) is 85.0 Å². The Morgan fingerprint density at radius 1 is 0.586 bits per heavy atom. The van der Waals surface area contributed by atoms with E-state index in [0.29, 0.717) is 13.1 Å². The van der Waals surface area contributed by atoms with Gasteiger partial charge in [0.05, 0.1) is 0 Å². The summed E-state index contributed by atoms with van der Waals surface area (Å²) in [6.07, 6.45) is 13.2. The van der Waals surface area contributed by atoms with Crippen LogP contribution in [0.5, 0.6) is 0 Å². The predicted octanol–water partition coefficient (Wildman–Crippen LogP) is 4.86. The number of hydrogen-bond acceptors (Lipinski definition) is 3. The Morgan fingerprint density at radius 3 is 1.48 bits per heavy atom. The summed E-state index contributed by atoms with van der Waals surface area (Å²) in [6.45, 7) is 9.16. The first-order valence-corrected chi connectivity index (χ1v) is 12.0. The van der Waals surface area contributed by atoms with E-state index in [1.165, 1.54) is 20.1 Å². The molecular weight excluding hydrogens is 366 g/mol. The average Bonchev–Trinajstić information content (AvgIpc) is 2.69. The lowest BCUT2D eigenvalue weighted by Gasteiger charge is -2.18. The molecule has 0 aromatic carbocycles. The van der Waals surface area contributed by atoms with Crippen molar-refractivity contribution >= 4 is 0 Å². The van der Waals surface area contributed by atoms with Gasteiger partial charge in [0.1, 0.15) is 0 Å². The molecule has 0 N–H and O–H groups in total. The molecule has 0 aliphatic rings. The zero-order chi connectivity index (χ0) is 21.6. The zero-order valence-corrected chi connectivity index (χ0v) is 19.3. The minimum absolute atomic E-state index is 0.185. The van der Waals surface area contributed by atoms with Crippen molar-refractivity contribution in [3.05, 3.63) is 31.5 Å². The summed E-state index contributed by atoms with van der Waals surface area (Å²) in [5, 5.41) is 0. The van der Waals surface area contributed by atoms with Gasteiger partial charge in [-0.3, -0.25) is 0 Å². The fraction of sp³-hybridized carbons (Fsp3) is 0.870. The van der Waals surface area contributed by atoms with Crippen LogP contribution in [0.2, 0.25) is 0 Å². The van der Waals surface area contributed by atoms with Crippen molar-refractivity contribution in [3.63, 3.8) is 0 Å². The monoisotopic (exact) mass is 409 g/mol. The fourth-order valence-electron chi connectivity index (χ4n) is 3.80. The summed E-state index contributed by atoms with van der Waals surface area (Å²) in [5.41, 5.74) is -1.28. The van der Waals surface area contributed by atoms with Crippen molar-refractivity contribution in [1.29, 1.82) is 0 Å². The highest BCUT2D eigenvalue weighted by molar-refractivity contribution is 4.82. The van der Waals surface area contributed by atoms with Crippen LogP contribution in [0, 0.1) is 0 Å². The molecule has 0 bridgehead atoms. The molecule has 168 valence electrons. The standard InChI is InChI=1S/C23H43N3O3/c1-5-8-11-13-16-19-25-21(27)24(18-15-12-9-6-2)22(28)26(23(25)29)20(4)17-14-10-7-3/h20H,5-19H2,1-4H3. The van der Waals surface area contributed by atoms with E-state index in [2.05, 4.69) is 20.8 Å². The van der Waals surface area contributed by atoms with E-state index in [9.17, 15) is 14.4 Å². The second-order valence-corrected chi connectivity index (χ2v) is 8.34. The summed E-state index contributed by atoms with van der Waals surface area (Å²) in [7, 11) is 0. The van der Waals surface area contributed by atoms with Gasteiger partial charge in [0.15, 0.2) is 0 Å². The van der Waals surface area contributed by atoms with Crippen molar-refractivity contribution in [2.45, 2.75) is 130 Å². The molecule has 1 aromatic heterocycles. The predicted molar refractivity (Wildman–Crippen MR) is 121 cm³/mol. The number of rotatable bonds is 16. The summed E-state index contributed by atoms with van der Waals surface area (Å²) < 4.78 is 3.95. The van der Waals surface area contributed by atoms with E-state index in [1.807, 2.05) is 6.92 Å². The van der Waals surface area contributed by atoms with E-state index >= 15 is 0 Å². The first kappa shape index (κ1) is 25.4. The lowest BCUT2D eigenvalue weighted by Crippen LogP contribution is -2.55. The van der Waals surface area contributed by atoms with E-state index in [1.54, 1.807) is 0 Å². The van der Waals surface area contributed by atoms with Gasteiger partial charge in [0.2, 0.25) is 0 Å². The van der Waals surface area contributed by atoms with Crippen molar-refractivity contribution < 1.29 is 0 Å². The molecule has 0 saturated carbocycles. The lowest BCUT2D eigenvalue weighted by molar-refractivity contribution is 0.371. The van der Waals surface area contributed by atoms with Crippen molar-refractivity contribution in [2.75, 3.05) is 0 Å². The Balaban J connectivity index is 3.16. The summed E-state index contributed by atoms with van der Waals surface area (Å²) >= 11 is 0. The van der Waals surface area contributed by atoms with Crippen LogP contribution >= 0.6 is 0 Å². The largest absolute Gasteiger partial charge is 0.336 e. The van der Waals surface area contributed by atoms with Crippen LogP contribution in [0.3, 0.4) is 0 Å². The molecule has 0 fully saturated rings. The van der Waals surface area contributed by atoms with Crippen molar-refractivity contribution in [2.24, 2.45) is 0 Å². The van der Waals surface area contributed by atoms with Gasteiger partial charge >= 0.3 is 17.1 Å². The minimum Gasteiger partial charge on any atom is -0.247 e. The van der Waals surface area contributed by atoms with E-state index in [-0.39, 0.29) is 6.04 Å². The topological polar surface area (TPSA) is 66.0 Å². The highest BCUT2D eigenvalue weighted by Crippen LogP contribution is 2.11. The highest BCUT2D eigenvalue weighted by Gasteiger charge is 2.19. The first-order chi connectivity index (χ1) is 14.0. The molecule has 0 saturated heterocycles. The third-order valence-corrected chi connectivity index (χ3v) is 5.72. The van der Waals surface area contributed by atoms with Crippen LogP contribution in [0.25, 0.3) is 0 Å². The van der Waals surface area contributed by atoms with Crippen LogP contribution < -0.4 is 17.1 Å². The van der Waals surface area contributed by atoms with E-state index < -0.39 is 17.1 Å². The van der Waals surface area contributed by atoms with Crippen LogP contribution in [0.15, 0.2) is 14.4 Å². The molecule has 6 nitrogen and oxygen atoms in total. The second kappa shape index (κ2) is 14.4. The summed E-state index contributed by atoms with van der Waals surface area (Å²) in [4.78, 5) is 39.0. The third-order valence-electron chi connectivity index (χ3n) is 5.72. The van der Waals surface area contributed by atoms with Gasteiger partial charge in [-0.2, -0.15) is 0 Å². The van der Waals surface area contributed by atoms with Gasteiger partial charge < -0.3 is 0 Å². The second-order valence-electron chi connectivity index (χ2n) is 8.34. The zero-order valence-electron chi connectivity index (χ0n) is 19.3. The van der Waals surface area contributed by atoms with E-state index in [0.717, 1.165) is 77.0 Å². The Hall–Kier alpha value is -1.59. The maximum Gasteiger partial charge on any atom is 0.336 e. The average molecular weight is 410 g/mol. The van der Waals surface area contributed by atoms with Gasteiger partial charge in [-0.25, -0.2) is 28.1 Å². The molecule has 0 spiro atoms. The molecule has 1 atom stereocenters. The van der Waals surface area contributed by atoms with Crippen LogP contribution in [-0.4, -0.2) is 13.7 Å². The first-order valence-electron chi connectivity index (χ1n) is 12.0. The Labute approximate surface area is 176 Å². The van der Waals surface area contributed by atoms with Gasteiger partial charge in [-0.05, 0) is 26.2 Å². The SMILES string of the molecule is CCCCCCCn1c(=O)n(CCCCCC)c(=O)n(C(C)CCCCC)c1=O. The van der Waals surface area contributed by atoms with Crippen molar-refractivity contribution in [1.82, 2.24) is 13.7 Å². The molecule has 0 radical (unpaired) electrons. The molecule has 6 heteroatoms. The third kappa shape index (κ3) is 7.98. The Kier molecular flexibility index (Phi) is 12.6. The lowest BCUT2D eigenvalue weighted by atomic mass is 10.1. The Bertz CT molecular complexity index is 745. The minimum atomic E-state index is -0.428. The van der Waals surface area contributed by atoms with Crippen LogP contribution in [0.4, 0.5) is 0 Å². The normalized spacial score (nSPS) is 12.4. The molecule has 29 heavy (non-hydrogen) atoms. The number of aromatic nitrogens is 3. The molecular formula is C23H43N3O3. The van der Waals surface area contributed by atoms with E-state index in [4.69, 9.17) is 0 Å². The maximum atomic E-state index is 13.0. The molecule has 1 aromatic rings. The van der Waals surface area contributed by atoms with Gasteiger partial charge in [0, 0.05) is 19.1 Å². The molecule has 0 amide bonds. The molecule has 0 aliphatic carbocycles. The number of hydrogen-bond donors (Lipinski definition) is 0. The summed E-state index contributed by atoms with van der Waals surface area (Å²) in [6, 6.07) is -0.185. The maximum absolute atomic E-state index is 13.0. The molecule has 0 aliphatic heterocycles. The van der Waals surface area contributed by atoms with Gasteiger partial charge in [-0.15, -0.1) is 0 Å². The number of nitrogens with zero attached hydrogens (tertiary/aromatic N) is 3.